The van der Waals surface area contributed by atoms with E-state index in [-0.39, 0.29) is 23.5 Å². The molecule has 4 rings (SSSR count). The molecule has 1 aromatic heterocycles. The standard InChI is InChI=1S/C26H24Br2N2O6S/c1-5-35-23-15(8-7-9-18(23)34-4)21-20(25(33)36-6-2)13(3)29-26-30(21)24(32)19(37-26)12-14-10-16(27)22(31)17(28)11-14/h7-12,21,31H,5-6H2,1-4H3/b19-12+/t21-/m0/s1. The molecule has 11 heteroatoms. The van der Waals surface area contributed by atoms with Gasteiger partial charge in [-0.05, 0) is 82.5 Å². The van der Waals surface area contributed by atoms with E-state index in [4.69, 9.17) is 14.2 Å². The molecule has 2 heterocycles. The van der Waals surface area contributed by atoms with Crippen LogP contribution in [0.25, 0.3) is 6.08 Å². The zero-order valence-corrected chi connectivity index (χ0v) is 24.5. The van der Waals surface area contributed by atoms with Crippen LogP contribution in [0, 0.1) is 0 Å². The topological polar surface area (TPSA) is 99.4 Å². The Kier molecular flexibility index (Phi) is 8.25. The van der Waals surface area contributed by atoms with E-state index < -0.39 is 12.0 Å². The van der Waals surface area contributed by atoms with Crippen molar-refractivity contribution in [1.82, 2.24) is 4.57 Å². The summed E-state index contributed by atoms with van der Waals surface area (Å²) in [7, 11) is 1.54. The monoisotopic (exact) mass is 650 g/mol. The van der Waals surface area contributed by atoms with Crippen LogP contribution in [0.2, 0.25) is 0 Å². The second-order valence-electron chi connectivity index (χ2n) is 7.95. The molecule has 3 aromatic rings. The molecule has 1 atom stereocenters. The molecule has 37 heavy (non-hydrogen) atoms. The van der Waals surface area contributed by atoms with Crippen molar-refractivity contribution >= 4 is 55.2 Å². The van der Waals surface area contributed by atoms with Crippen molar-refractivity contribution in [3.63, 3.8) is 0 Å². The minimum atomic E-state index is -0.840. The second-order valence-corrected chi connectivity index (χ2v) is 10.7. The van der Waals surface area contributed by atoms with Crippen molar-refractivity contribution in [2.24, 2.45) is 4.99 Å². The predicted molar refractivity (Wildman–Crippen MR) is 148 cm³/mol. The number of benzene rings is 2. The van der Waals surface area contributed by atoms with Crippen molar-refractivity contribution in [1.29, 1.82) is 0 Å². The molecule has 0 saturated heterocycles. The molecule has 0 unspecified atom stereocenters. The van der Waals surface area contributed by atoms with Crippen molar-refractivity contribution in [2.45, 2.75) is 26.8 Å². The van der Waals surface area contributed by atoms with Gasteiger partial charge in [0.05, 0.1) is 45.1 Å². The summed E-state index contributed by atoms with van der Waals surface area (Å²) in [5.74, 6) is 0.433. The average Bonchev–Trinajstić information content (AvgIpc) is 3.16. The molecule has 1 aliphatic heterocycles. The van der Waals surface area contributed by atoms with E-state index in [1.165, 1.54) is 23.0 Å². The average molecular weight is 652 g/mol. The van der Waals surface area contributed by atoms with Crippen LogP contribution >= 0.6 is 43.2 Å². The van der Waals surface area contributed by atoms with Crippen LogP contribution in [0.3, 0.4) is 0 Å². The number of hydrogen-bond acceptors (Lipinski definition) is 8. The summed E-state index contributed by atoms with van der Waals surface area (Å²) in [5, 5.41) is 10.1. The Hall–Kier alpha value is -2.89. The first kappa shape index (κ1) is 27.2. The number of ether oxygens (including phenoxy) is 3. The van der Waals surface area contributed by atoms with Crippen LogP contribution in [0.5, 0.6) is 17.2 Å². The third kappa shape index (κ3) is 5.12. The SMILES string of the molecule is CCOC(=O)C1=C(C)N=c2s/c(=C/c3cc(Br)c(O)c(Br)c3)c(=O)n2[C@H]1c1cccc(OC)c1OCC. The normalized spacial score (nSPS) is 15.3. The second kappa shape index (κ2) is 11.2. The first-order chi connectivity index (χ1) is 17.7. The highest BCUT2D eigenvalue weighted by molar-refractivity contribution is 9.11. The van der Waals surface area contributed by atoms with Gasteiger partial charge in [0.25, 0.3) is 5.56 Å². The van der Waals surface area contributed by atoms with Crippen LogP contribution < -0.4 is 24.4 Å². The number of phenolic OH excluding ortho intramolecular Hbond substituents is 1. The number of nitrogens with zero attached hydrogens (tertiary/aromatic N) is 2. The highest BCUT2D eigenvalue weighted by atomic mass is 79.9. The van der Waals surface area contributed by atoms with Gasteiger partial charge in [-0.1, -0.05) is 23.5 Å². The highest BCUT2D eigenvalue weighted by Gasteiger charge is 2.36. The summed E-state index contributed by atoms with van der Waals surface area (Å²) < 4.78 is 19.7. The van der Waals surface area contributed by atoms with E-state index in [2.05, 4.69) is 36.9 Å². The molecule has 8 nitrogen and oxygen atoms in total. The summed E-state index contributed by atoms with van der Waals surface area (Å²) in [6.45, 7) is 5.84. The van der Waals surface area contributed by atoms with Gasteiger partial charge in [0.1, 0.15) is 11.8 Å². The Morgan fingerprint density at radius 2 is 1.92 bits per heavy atom. The summed E-state index contributed by atoms with van der Waals surface area (Å²) in [5.41, 5.74) is 1.66. The van der Waals surface area contributed by atoms with Gasteiger partial charge in [0.15, 0.2) is 16.3 Å². The smallest absolute Gasteiger partial charge is 0.338 e. The minimum Gasteiger partial charge on any atom is -0.506 e. The Bertz CT molecular complexity index is 1570. The third-order valence-corrected chi connectivity index (χ3v) is 7.86. The number of carbonyl (C=O) groups is 1. The maximum Gasteiger partial charge on any atom is 0.338 e. The number of carbonyl (C=O) groups excluding carboxylic acids is 1. The number of aromatic nitrogens is 1. The minimum absolute atomic E-state index is 0.0646. The van der Waals surface area contributed by atoms with E-state index in [9.17, 15) is 14.7 Å². The van der Waals surface area contributed by atoms with E-state index >= 15 is 0 Å². The van der Waals surface area contributed by atoms with Crippen LogP contribution in [-0.2, 0) is 9.53 Å². The number of para-hydroxylation sites is 1. The lowest BCUT2D eigenvalue weighted by Crippen LogP contribution is -2.40. The summed E-state index contributed by atoms with van der Waals surface area (Å²) >= 11 is 7.86. The lowest BCUT2D eigenvalue weighted by atomic mass is 9.94. The molecule has 1 N–H and O–H groups in total. The fourth-order valence-electron chi connectivity index (χ4n) is 4.11. The van der Waals surface area contributed by atoms with E-state index in [1.807, 2.05) is 13.0 Å². The Morgan fingerprint density at radius 1 is 1.22 bits per heavy atom. The molecule has 0 bridgehead atoms. The van der Waals surface area contributed by atoms with Gasteiger partial charge in [0.2, 0.25) is 0 Å². The van der Waals surface area contributed by atoms with Crippen LogP contribution in [-0.4, -0.2) is 36.0 Å². The zero-order chi connectivity index (χ0) is 26.9. The fraction of sp³-hybridized carbons (Fsp3) is 0.269. The fourth-order valence-corrected chi connectivity index (χ4v) is 6.38. The largest absolute Gasteiger partial charge is 0.506 e. The maximum absolute atomic E-state index is 13.9. The van der Waals surface area contributed by atoms with Crippen molar-refractivity contribution in [2.75, 3.05) is 20.3 Å². The number of esters is 1. The summed E-state index contributed by atoms with van der Waals surface area (Å²) in [6.07, 6.45) is 1.72. The van der Waals surface area contributed by atoms with Gasteiger partial charge in [-0.2, -0.15) is 0 Å². The first-order valence-corrected chi connectivity index (χ1v) is 13.8. The Labute approximate surface area is 233 Å². The van der Waals surface area contributed by atoms with E-state index in [0.717, 1.165) is 0 Å². The molecule has 2 aromatic carbocycles. The Balaban J connectivity index is 2.02. The van der Waals surface area contributed by atoms with Gasteiger partial charge in [0, 0.05) is 5.56 Å². The molecule has 0 amide bonds. The third-order valence-electron chi connectivity index (χ3n) is 5.67. The number of aromatic hydroxyl groups is 1. The number of hydrogen-bond donors (Lipinski definition) is 1. The number of halogens is 2. The first-order valence-electron chi connectivity index (χ1n) is 11.4. The molecule has 0 saturated carbocycles. The quantitative estimate of drug-likeness (QED) is 0.380. The van der Waals surface area contributed by atoms with Gasteiger partial charge >= 0.3 is 5.97 Å². The molecule has 0 aliphatic carbocycles. The molecule has 0 fully saturated rings. The number of allylic oxidation sites excluding steroid dienone is 1. The van der Waals surface area contributed by atoms with Crippen LogP contribution in [0.4, 0.5) is 0 Å². The van der Waals surface area contributed by atoms with Crippen molar-refractivity contribution in [3.8, 4) is 17.2 Å². The molecule has 1 aliphatic rings. The van der Waals surface area contributed by atoms with Gasteiger partial charge in [-0.25, -0.2) is 9.79 Å². The number of thiazole rings is 1. The summed E-state index contributed by atoms with van der Waals surface area (Å²) in [4.78, 5) is 32.1. The molecular formula is C26H24Br2N2O6S. The van der Waals surface area contributed by atoms with Gasteiger partial charge in [-0.3, -0.25) is 9.36 Å². The number of rotatable bonds is 7. The van der Waals surface area contributed by atoms with Gasteiger partial charge in [-0.15, -0.1) is 0 Å². The number of fused-ring (bicyclic) bond motifs is 1. The van der Waals surface area contributed by atoms with Crippen molar-refractivity contribution < 1.29 is 24.1 Å². The van der Waals surface area contributed by atoms with Crippen molar-refractivity contribution in [3.05, 3.63) is 81.4 Å². The van der Waals surface area contributed by atoms with Gasteiger partial charge < -0.3 is 19.3 Å². The lowest BCUT2D eigenvalue weighted by Gasteiger charge is -2.26. The van der Waals surface area contributed by atoms with Crippen LogP contribution in [0.15, 0.2) is 60.3 Å². The molecular weight excluding hydrogens is 628 g/mol. The number of methoxy groups -OCH3 is 1. The summed E-state index contributed by atoms with van der Waals surface area (Å²) in [6, 6.07) is 7.94. The van der Waals surface area contributed by atoms with Crippen LogP contribution in [0.1, 0.15) is 37.9 Å². The Morgan fingerprint density at radius 3 is 2.54 bits per heavy atom. The molecule has 194 valence electrons. The van der Waals surface area contributed by atoms with E-state index in [1.54, 1.807) is 44.2 Å². The predicted octanol–water partition coefficient (Wildman–Crippen LogP) is 4.44. The lowest BCUT2D eigenvalue weighted by molar-refractivity contribution is -0.139. The number of phenols is 1. The maximum atomic E-state index is 13.9. The highest BCUT2D eigenvalue weighted by Crippen LogP contribution is 2.41. The zero-order valence-electron chi connectivity index (χ0n) is 20.5. The molecule has 0 radical (unpaired) electrons. The van der Waals surface area contributed by atoms with E-state index in [0.29, 0.717) is 53.2 Å². The molecule has 0 spiro atoms.